The molecule has 2 aliphatic heterocycles. The van der Waals surface area contributed by atoms with Gasteiger partial charge in [0.05, 0.1) is 11.9 Å². The van der Waals surface area contributed by atoms with Gasteiger partial charge in [0.2, 0.25) is 6.79 Å². The molecule has 1 N–H and O–H groups in total. The fourth-order valence-corrected chi connectivity index (χ4v) is 3.87. The number of hydrogen-bond donors (Lipinski definition) is 1. The summed E-state index contributed by atoms with van der Waals surface area (Å²) >= 11 is 0. The second kappa shape index (κ2) is 8.86. The fourth-order valence-electron chi connectivity index (χ4n) is 3.87. The molecule has 6 rings (SSSR count). The molecule has 3 heterocycles. The predicted molar refractivity (Wildman–Crippen MR) is 128 cm³/mol. The van der Waals surface area contributed by atoms with Crippen LogP contribution in [0.25, 0.3) is 16.9 Å². The highest BCUT2D eigenvalue weighted by atomic mass is 16.7. The average molecular weight is 468 g/mol. The first-order valence-corrected chi connectivity index (χ1v) is 11.0. The molecule has 2 aliphatic rings. The van der Waals surface area contributed by atoms with Gasteiger partial charge in [-0.2, -0.15) is 10.2 Å². The van der Waals surface area contributed by atoms with E-state index in [2.05, 4.69) is 10.5 Å². The minimum Gasteiger partial charge on any atom is -0.486 e. The van der Waals surface area contributed by atoms with Crippen LogP contribution in [0, 0.1) is 0 Å². The van der Waals surface area contributed by atoms with E-state index in [0.29, 0.717) is 47.5 Å². The van der Waals surface area contributed by atoms with Gasteiger partial charge in [-0.15, -0.1) is 0 Å². The maximum absolute atomic E-state index is 12.6. The molecule has 0 bridgehead atoms. The Kier molecular flexibility index (Phi) is 5.27. The van der Waals surface area contributed by atoms with Gasteiger partial charge in [-0.05, 0) is 48.5 Å². The fraction of sp³-hybridized carbons (Fsp3) is 0.115. The molecular formula is C26H20N4O5. The summed E-state index contributed by atoms with van der Waals surface area (Å²) in [5, 5.41) is 8.97. The normalized spacial score (nSPS) is 13.7. The highest BCUT2D eigenvalue weighted by molar-refractivity contribution is 5.96. The lowest BCUT2D eigenvalue weighted by Gasteiger charge is -2.18. The van der Waals surface area contributed by atoms with Gasteiger partial charge < -0.3 is 18.9 Å². The minimum absolute atomic E-state index is 0.145. The summed E-state index contributed by atoms with van der Waals surface area (Å²) in [5.74, 6) is 2.15. The molecule has 0 spiro atoms. The molecule has 35 heavy (non-hydrogen) atoms. The summed E-state index contributed by atoms with van der Waals surface area (Å²) in [7, 11) is 0. The van der Waals surface area contributed by atoms with Crippen molar-refractivity contribution >= 4 is 12.1 Å². The smallest absolute Gasteiger partial charge is 0.271 e. The number of fused-ring (bicyclic) bond motifs is 2. The highest BCUT2D eigenvalue weighted by Gasteiger charge is 2.18. The van der Waals surface area contributed by atoms with E-state index in [1.807, 2.05) is 54.7 Å². The number of nitrogens with one attached hydrogen (secondary N) is 1. The van der Waals surface area contributed by atoms with Crippen molar-refractivity contribution in [2.45, 2.75) is 0 Å². The molecule has 0 unspecified atom stereocenters. The number of para-hydroxylation sites is 1. The van der Waals surface area contributed by atoms with Crippen molar-refractivity contribution in [3.8, 4) is 39.9 Å². The SMILES string of the molecule is O=C(NN=Cc1cn(-c2ccccc2)nc1-c1ccc2c(c1)OCCO2)c1ccc2c(c1)OCO2. The summed E-state index contributed by atoms with van der Waals surface area (Å²) in [5.41, 5.74) is 6.13. The molecule has 9 nitrogen and oxygen atoms in total. The van der Waals surface area contributed by atoms with E-state index < -0.39 is 0 Å². The lowest BCUT2D eigenvalue weighted by atomic mass is 10.1. The number of carbonyl (C=O) groups excluding carboxylic acids is 1. The third-order valence-electron chi connectivity index (χ3n) is 5.58. The summed E-state index contributed by atoms with van der Waals surface area (Å²) in [6, 6.07) is 20.4. The van der Waals surface area contributed by atoms with E-state index in [9.17, 15) is 4.79 Å². The van der Waals surface area contributed by atoms with Gasteiger partial charge in [-0.3, -0.25) is 4.79 Å². The van der Waals surface area contributed by atoms with E-state index in [1.165, 1.54) is 0 Å². The third-order valence-corrected chi connectivity index (χ3v) is 5.58. The van der Waals surface area contributed by atoms with Gasteiger partial charge in [0.1, 0.15) is 18.9 Å². The van der Waals surface area contributed by atoms with Gasteiger partial charge >= 0.3 is 0 Å². The number of carbonyl (C=O) groups is 1. The molecule has 0 saturated heterocycles. The van der Waals surface area contributed by atoms with Crippen LogP contribution in [0.2, 0.25) is 0 Å². The van der Waals surface area contributed by atoms with Crippen LogP contribution in [-0.4, -0.2) is 41.9 Å². The number of benzene rings is 3. The number of hydrazone groups is 1. The molecular weight excluding hydrogens is 448 g/mol. The summed E-state index contributed by atoms with van der Waals surface area (Å²) in [4.78, 5) is 12.6. The van der Waals surface area contributed by atoms with Crippen LogP contribution in [0.1, 0.15) is 15.9 Å². The molecule has 0 saturated carbocycles. The van der Waals surface area contributed by atoms with Gasteiger partial charge in [-0.25, -0.2) is 10.1 Å². The van der Waals surface area contributed by atoms with Gasteiger partial charge in [0.25, 0.3) is 5.91 Å². The van der Waals surface area contributed by atoms with Crippen molar-refractivity contribution in [1.82, 2.24) is 15.2 Å². The van der Waals surface area contributed by atoms with E-state index in [0.717, 1.165) is 16.8 Å². The molecule has 4 aromatic rings. The first-order chi connectivity index (χ1) is 17.2. The number of ether oxygens (including phenoxy) is 4. The zero-order valence-corrected chi connectivity index (χ0v) is 18.5. The van der Waals surface area contributed by atoms with Crippen molar-refractivity contribution in [1.29, 1.82) is 0 Å². The van der Waals surface area contributed by atoms with Crippen LogP contribution in [-0.2, 0) is 0 Å². The average Bonchev–Trinajstić information content (AvgIpc) is 3.56. The number of hydrogen-bond acceptors (Lipinski definition) is 7. The second-order valence-corrected chi connectivity index (χ2v) is 7.84. The number of amides is 1. The molecule has 1 aromatic heterocycles. The Labute approximate surface area is 200 Å². The maximum Gasteiger partial charge on any atom is 0.271 e. The molecule has 174 valence electrons. The molecule has 9 heteroatoms. The Balaban J connectivity index is 1.30. The van der Waals surface area contributed by atoms with E-state index in [1.54, 1.807) is 29.1 Å². The zero-order chi connectivity index (χ0) is 23.6. The Bertz CT molecular complexity index is 1430. The molecule has 0 radical (unpaired) electrons. The monoisotopic (exact) mass is 468 g/mol. The first kappa shape index (κ1) is 20.8. The largest absolute Gasteiger partial charge is 0.486 e. The molecule has 1 amide bonds. The second-order valence-electron chi connectivity index (χ2n) is 7.84. The van der Waals surface area contributed by atoms with Gasteiger partial charge in [0, 0.05) is 22.9 Å². The van der Waals surface area contributed by atoms with Crippen LogP contribution in [0.3, 0.4) is 0 Å². The van der Waals surface area contributed by atoms with Crippen LogP contribution >= 0.6 is 0 Å². The lowest BCUT2D eigenvalue weighted by molar-refractivity contribution is 0.0954. The Morgan fingerprint density at radius 1 is 0.886 bits per heavy atom. The quantitative estimate of drug-likeness (QED) is 0.354. The van der Waals surface area contributed by atoms with Crippen molar-refractivity contribution < 1.29 is 23.7 Å². The van der Waals surface area contributed by atoms with Gasteiger partial charge in [-0.1, -0.05) is 18.2 Å². The van der Waals surface area contributed by atoms with E-state index >= 15 is 0 Å². The predicted octanol–water partition coefficient (Wildman–Crippen LogP) is 3.80. The lowest BCUT2D eigenvalue weighted by Crippen LogP contribution is -2.17. The Morgan fingerprint density at radius 2 is 1.63 bits per heavy atom. The zero-order valence-electron chi connectivity index (χ0n) is 18.5. The van der Waals surface area contributed by atoms with Crippen molar-refractivity contribution in [2.24, 2.45) is 5.10 Å². The van der Waals surface area contributed by atoms with Gasteiger partial charge in [0.15, 0.2) is 23.0 Å². The summed E-state index contributed by atoms with van der Waals surface area (Å²) < 4.78 is 23.8. The summed E-state index contributed by atoms with van der Waals surface area (Å²) in [6.07, 6.45) is 3.43. The van der Waals surface area contributed by atoms with Crippen LogP contribution in [0.15, 0.2) is 78.0 Å². The number of rotatable bonds is 5. The van der Waals surface area contributed by atoms with Crippen LogP contribution in [0.5, 0.6) is 23.0 Å². The van der Waals surface area contributed by atoms with Crippen LogP contribution in [0.4, 0.5) is 0 Å². The van der Waals surface area contributed by atoms with E-state index in [4.69, 9.17) is 24.0 Å². The molecule has 0 aliphatic carbocycles. The maximum atomic E-state index is 12.6. The molecule has 0 atom stereocenters. The number of aromatic nitrogens is 2. The standard InChI is InChI=1S/C26H20N4O5/c31-26(18-7-9-22-24(13-18)35-16-34-22)28-27-14-19-15-30(20-4-2-1-3-5-20)29-25(19)17-6-8-21-23(12-17)33-11-10-32-21/h1-9,12-15H,10-11,16H2,(H,28,31). The summed E-state index contributed by atoms with van der Waals surface area (Å²) in [6.45, 7) is 1.16. The van der Waals surface area contributed by atoms with Crippen molar-refractivity contribution in [3.63, 3.8) is 0 Å². The van der Waals surface area contributed by atoms with E-state index in [-0.39, 0.29) is 12.7 Å². The topological polar surface area (TPSA) is 96.2 Å². The van der Waals surface area contributed by atoms with Crippen molar-refractivity contribution in [3.05, 3.63) is 84.1 Å². The van der Waals surface area contributed by atoms with Crippen LogP contribution < -0.4 is 24.4 Å². The minimum atomic E-state index is -0.365. The Hall–Kier alpha value is -4.79. The Morgan fingerprint density at radius 3 is 2.51 bits per heavy atom. The third kappa shape index (κ3) is 4.15. The molecule has 0 fully saturated rings. The first-order valence-electron chi connectivity index (χ1n) is 11.0. The molecule has 3 aromatic carbocycles. The number of nitrogens with zero attached hydrogens (tertiary/aromatic N) is 3. The van der Waals surface area contributed by atoms with Crippen molar-refractivity contribution in [2.75, 3.05) is 20.0 Å². The highest BCUT2D eigenvalue weighted by Crippen LogP contribution is 2.35.